The summed E-state index contributed by atoms with van der Waals surface area (Å²) in [5, 5.41) is 8.10. The summed E-state index contributed by atoms with van der Waals surface area (Å²) in [6.45, 7) is 5.66. The molecule has 14 heavy (non-hydrogen) atoms. The second-order valence-corrected chi connectivity index (χ2v) is 5.27. The molecule has 0 aromatic heterocycles. The van der Waals surface area contributed by atoms with Crippen LogP contribution in [-0.2, 0) is 0 Å². The molecule has 0 unspecified atom stereocenters. The van der Waals surface area contributed by atoms with Crippen LogP contribution in [-0.4, -0.2) is 23.3 Å². The third-order valence-corrected chi connectivity index (χ3v) is 3.21. The molecule has 2 fully saturated rings. The molecule has 0 spiro atoms. The van der Waals surface area contributed by atoms with Gasteiger partial charge in [0.25, 0.3) is 0 Å². The van der Waals surface area contributed by atoms with Gasteiger partial charge >= 0.3 is 0 Å². The molecule has 0 aromatic carbocycles. The van der Waals surface area contributed by atoms with Crippen LogP contribution < -0.4 is 0 Å². The highest BCUT2D eigenvalue weighted by Crippen LogP contribution is 2.36. The highest BCUT2D eigenvalue weighted by Gasteiger charge is 2.37. The average Bonchev–Trinajstić information content (AvgIpc) is 2.98. The minimum atomic E-state index is 0.628. The largest absolute Gasteiger partial charge is 0.357 e. The molecule has 2 aliphatic carbocycles. The summed E-state index contributed by atoms with van der Waals surface area (Å²) >= 11 is 0. The van der Waals surface area contributed by atoms with Crippen LogP contribution in [0.15, 0.2) is 0 Å². The van der Waals surface area contributed by atoms with Crippen molar-refractivity contribution in [3.63, 3.8) is 0 Å². The van der Waals surface area contributed by atoms with E-state index in [9.17, 15) is 0 Å². The Hall–Kier alpha value is -0.530. The van der Waals surface area contributed by atoms with Crippen molar-refractivity contribution in [2.24, 2.45) is 11.8 Å². The number of hydrogen-bond acceptors (Lipinski definition) is 1. The van der Waals surface area contributed by atoms with Gasteiger partial charge in [0, 0.05) is 18.5 Å². The lowest BCUT2D eigenvalue weighted by atomic mass is 10.1. The molecule has 0 bridgehead atoms. The van der Waals surface area contributed by atoms with E-state index in [0.29, 0.717) is 5.92 Å². The molecule has 0 atom stereocenters. The number of hydrogen-bond donors (Lipinski definition) is 1. The third kappa shape index (κ3) is 2.49. The van der Waals surface area contributed by atoms with Crippen LogP contribution in [0.3, 0.4) is 0 Å². The standard InChI is InChI=1S/C12H22N2/c1-9(2)7-8-14(11-5-6-11)12(13)10-3-4-10/h9-11,13H,3-8H2,1-2H3. The number of rotatable bonds is 5. The van der Waals surface area contributed by atoms with E-state index in [4.69, 9.17) is 5.41 Å². The van der Waals surface area contributed by atoms with E-state index >= 15 is 0 Å². The van der Waals surface area contributed by atoms with Crippen LogP contribution in [0.2, 0.25) is 0 Å². The van der Waals surface area contributed by atoms with Gasteiger partial charge in [-0.25, -0.2) is 0 Å². The smallest absolute Gasteiger partial charge is 0.0992 e. The predicted octanol–water partition coefficient (Wildman–Crippen LogP) is 2.88. The second kappa shape index (κ2) is 3.92. The molecule has 2 saturated carbocycles. The van der Waals surface area contributed by atoms with Crippen molar-refractivity contribution in [1.29, 1.82) is 5.41 Å². The maximum atomic E-state index is 8.10. The first kappa shape index (κ1) is 10.0. The molecule has 2 heteroatoms. The van der Waals surface area contributed by atoms with Crippen molar-refractivity contribution in [3.05, 3.63) is 0 Å². The zero-order chi connectivity index (χ0) is 10.1. The van der Waals surface area contributed by atoms with Gasteiger partial charge in [0.2, 0.25) is 0 Å². The van der Waals surface area contributed by atoms with Crippen molar-refractivity contribution < 1.29 is 0 Å². The van der Waals surface area contributed by atoms with Crippen LogP contribution in [0.4, 0.5) is 0 Å². The summed E-state index contributed by atoms with van der Waals surface area (Å²) in [4.78, 5) is 2.39. The Morgan fingerprint density at radius 2 is 1.93 bits per heavy atom. The fraction of sp³-hybridized carbons (Fsp3) is 0.917. The van der Waals surface area contributed by atoms with Crippen molar-refractivity contribution in [2.75, 3.05) is 6.54 Å². The van der Waals surface area contributed by atoms with Crippen LogP contribution >= 0.6 is 0 Å². The Bertz CT molecular complexity index is 214. The minimum Gasteiger partial charge on any atom is -0.357 e. The third-order valence-electron chi connectivity index (χ3n) is 3.21. The van der Waals surface area contributed by atoms with Gasteiger partial charge in [-0.1, -0.05) is 13.8 Å². The van der Waals surface area contributed by atoms with Crippen molar-refractivity contribution in [2.45, 2.75) is 52.0 Å². The van der Waals surface area contributed by atoms with Gasteiger partial charge in [0.05, 0.1) is 5.84 Å². The maximum Gasteiger partial charge on any atom is 0.0992 e. The van der Waals surface area contributed by atoms with E-state index in [1.54, 1.807) is 0 Å². The monoisotopic (exact) mass is 194 g/mol. The molecule has 2 aliphatic rings. The van der Waals surface area contributed by atoms with E-state index in [0.717, 1.165) is 24.3 Å². The van der Waals surface area contributed by atoms with Crippen molar-refractivity contribution in [1.82, 2.24) is 4.90 Å². The first-order valence-corrected chi connectivity index (χ1v) is 6.03. The predicted molar refractivity (Wildman–Crippen MR) is 59.6 cm³/mol. The van der Waals surface area contributed by atoms with Gasteiger partial charge in [0.15, 0.2) is 0 Å². The Morgan fingerprint density at radius 3 is 2.36 bits per heavy atom. The van der Waals surface area contributed by atoms with E-state index in [2.05, 4.69) is 18.7 Å². The lowest BCUT2D eigenvalue weighted by molar-refractivity contribution is 0.361. The first-order chi connectivity index (χ1) is 6.68. The highest BCUT2D eigenvalue weighted by atomic mass is 15.2. The SMILES string of the molecule is CC(C)CCN(C(=N)C1CC1)C1CC1. The lowest BCUT2D eigenvalue weighted by Crippen LogP contribution is -2.35. The summed E-state index contributed by atoms with van der Waals surface area (Å²) < 4.78 is 0. The molecule has 1 N–H and O–H groups in total. The normalized spacial score (nSPS) is 21.4. The van der Waals surface area contributed by atoms with E-state index < -0.39 is 0 Å². The number of nitrogens with zero attached hydrogens (tertiary/aromatic N) is 1. The molecule has 2 rings (SSSR count). The van der Waals surface area contributed by atoms with Crippen LogP contribution in [0.1, 0.15) is 46.0 Å². The molecule has 2 nitrogen and oxygen atoms in total. The number of nitrogens with one attached hydrogen (secondary N) is 1. The molecule has 0 heterocycles. The zero-order valence-electron chi connectivity index (χ0n) is 9.42. The second-order valence-electron chi connectivity index (χ2n) is 5.27. The summed E-state index contributed by atoms with van der Waals surface area (Å²) in [5.74, 6) is 2.35. The summed E-state index contributed by atoms with van der Waals surface area (Å²) in [6, 6.07) is 0.738. The fourth-order valence-corrected chi connectivity index (χ4v) is 1.87. The molecule has 0 aliphatic heterocycles. The Morgan fingerprint density at radius 1 is 1.29 bits per heavy atom. The molecular formula is C12H22N2. The van der Waals surface area contributed by atoms with Gasteiger partial charge in [-0.15, -0.1) is 0 Å². The Kier molecular flexibility index (Phi) is 2.80. The van der Waals surface area contributed by atoms with E-state index in [1.165, 1.54) is 32.1 Å². The quantitative estimate of drug-likeness (QED) is 0.529. The summed E-state index contributed by atoms with van der Waals surface area (Å²) in [5.41, 5.74) is 0. The lowest BCUT2D eigenvalue weighted by Gasteiger charge is -2.25. The van der Waals surface area contributed by atoms with Crippen LogP contribution in [0.25, 0.3) is 0 Å². The number of amidine groups is 1. The fourth-order valence-electron chi connectivity index (χ4n) is 1.87. The van der Waals surface area contributed by atoms with Gasteiger partial charge in [0.1, 0.15) is 0 Å². The van der Waals surface area contributed by atoms with Gasteiger partial charge < -0.3 is 4.90 Å². The minimum absolute atomic E-state index is 0.628. The van der Waals surface area contributed by atoms with Crippen LogP contribution in [0, 0.1) is 17.2 Å². The maximum absolute atomic E-state index is 8.10. The first-order valence-electron chi connectivity index (χ1n) is 6.03. The highest BCUT2D eigenvalue weighted by molar-refractivity contribution is 5.84. The van der Waals surface area contributed by atoms with E-state index in [1.807, 2.05) is 0 Å². The molecule has 0 radical (unpaired) electrons. The molecule has 80 valence electrons. The van der Waals surface area contributed by atoms with Gasteiger partial charge in [-0.3, -0.25) is 5.41 Å². The van der Waals surface area contributed by atoms with E-state index in [-0.39, 0.29) is 0 Å². The summed E-state index contributed by atoms with van der Waals surface area (Å²) in [7, 11) is 0. The van der Waals surface area contributed by atoms with Crippen molar-refractivity contribution in [3.8, 4) is 0 Å². The Labute approximate surface area is 87.2 Å². The van der Waals surface area contributed by atoms with Gasteiger partial charge in [-0.05, 0) is 38.0 Å². The Balaban J connectivity index is 1.83. The molecule has 0 amide bonds. The topological polar surface area (TPSA) is 27.1 Å². The molecule has 0 aromatic rings. The average molecular weight is 194 g/mol. The van der Waals surface area contributed by atoms with Gasteiger partial charge in [-0.2, -0.15) is 0 Å². The zero-order valence-corrected chi connectivity index (χ0v) is 9.42. The molecule has 0 saturated heterocycles. The summed E-state index contributed by atoms with van der Waals surface area (Å²) in [6.07, 6.45) is 6.43. The van der Waals surface area contributed by atoms with Crippen molar-refractivity contribution >= 4 is 5.84 Å². The van der Waals surface area contributed by atoms with Crippen LogP contribution in [0.5, 0.6) is 0 Å². The molecular weight excluding hydrogens is 172 g/mol.